The van der Waals surface area contributed by atoms with Crippen LogP contribution in [0.1, 0.15) is 31.7 Å². The van der Waals surface area contributed by atoms with Crippen LogP contribution < -0.4 is 5.43 Å². The molecule has 15 heavy (non-hydrogen) atoms. The van der Waals surface area contributed by atoms with Gasteiger partial charge in [0.1, 0.15) is 0 Å². The summed E-state index contributed by atoms with van der Waals surface area (Å²) in [5, 5.41) is 2.35. The first-order chi connectivity index (χ1) is 7.38. The molecule has 0 amide bonds. The summed E-state index contributed by atoms with van der Waals surface area (Å²) in [6, 6.07) is 2.19. The molecule has 1 N–H and O–H groups in total. The smallest absolute Gasteiger partial charge is 0.0368 e. The van der Waals surface area contributed by atoms with Crippen LogP contribution in [0.3, 0.4) is 0 Å². The summed E-state index contributed by atoms with van der Waals surface area (Å²) in [6.45, 7) is 6.60. The second-order valence-electron chi connectivity index (χ2n) is 4.23. The lowest BCUT2D eigenvalue weighted by atomic mass is 10.2. The molecule has 1 aliphatic heterocycles. The second-order valence-corrected chi connectivity index (χ2v) is 4.23. The van der Waals surface area contributed by atoms with E-state index in [0.29, 0.717) is 0 Å². The molecule has 0 unspecified atom stereocenters. The van der Waals surface area contributed by atoms with Gasteiger partial charge in [-0.25, -0.2) is 5.01 Å². The molecule has 1 fully saturated rings. The fourth-order valence-corrected chi connectivity index (χ4v) is 2.05. The average Bonchev–Trinajstić information content (AvgIpc) is 2.76. The van der Waals surface area contributed by atoms with Crippen molar-refractivity contribution < 1.29 is 0 Å². The number of hydrogen-bond donors (Lipinski definition) is 1. The normalized spacial score (nSPS) is 18.2. The van der Waals surface area contributed by atoms with Crippen molar-refractivity contribution in [2.45, 2.75) is 39.3 Å². The SMILES string of the molecule is CCn1ccc(CNN2CCCCC2)c1. The summed E-state index contributed by atoms with van der Waals surface area (Å²) in [4.78, 5) is 0. The number of piperidine rings is 1. The van der Waals surface area contributed by atoms with Gasteiger partial charge in [0.2, 0.25) is 0 Å². The molecule has 0 aromatic carbocycles. The Bertz CT molecular complexity index is 287. The third-order valence-corrected chi connectivity index (χ3v) is 3.04. The fourth-order valence-electron chi connectivity index (χ4n) is 2.05. The van der Waals surface area contributed by atoms with Gasteiger partial charge in [0.15, 0.2) is 0 Å². The number of nitrogens with zero attached hydrogens (tertiary/aromatic N) is 2. The van der Waals surface area contributed by atoms with E-state index < -0.39 is 0 Å². The van der Waals surface area contributed by atoms with Crippen LogP contribution in [-0.4, -0.2) is 22.7 Å². The zero-order valence-electron chi connectivity index (χ0n) is 9.58. The summed E-state index contributed by atoms with van der Waals surface area (Å²) < 4.78 is 2.22. The summed E-state index contributed by atoms with van der Waals surface area (Å²) >= 11 is 0. The van der Waals surface area contributed by atoms with E-state index in [2.05, 4.69) is 40.4 Å². The zero-order chi connectivity index (χ0) is 10.5. The van der Waals surface area contributed by atoms with Gasteiger partial charge in [-0.3, -0.25) is 5.43 Å². The van der Waals surface area contributed by atoms with E-state index in [1.807, 2.05) is 0 Å². The molecule has 0 spiro atoms. The monoisotopic (exact) mass is 207 g/mol. The van der Waals surface area contributed by atoms with Gasteiger partial charge >= 0.3 is 0 Å². The second kappa shape index (κ2) is 5.33. The van der Waals surface area contributed by atoms with Crippen LogP contribution in [0.25, 0.3) is 0 Å². The number of rotatable bonds is 4. The lowest BCUT2D eigenvalue weighted by Gasteiger charge is -2.26. The molecular formula is C12H21N3. The fraction of sp³-hybridized carbons (Fsp3) is 0.667. The van der Waals surface area contributed by atoms with Gasteiger partial charge in [-0.2, -0.15) is 0 Å². The minimum Gasteiger partial charge on any atom is -0.354 e. The van der Waals surface area contributed by atoms with Crippen LogP contribution in [0.2, 0.25) is 0 Å². The molecular weight excluding hydrogens is 186 g/mol. The zero-order valence-corrected chi connectivity index (χ0v) is 9.58. The molecule has 0 radical (unpaired) electrons. The third-order valence-electron chi connectivity index (χ3n) is 3.04. The highest BCUT2D eigenvalue weighted by atomic mass is 15.5. The Kier molecular flexibility index (Phi) is 3.80. The van der Waals surface area contributed by atoms with Gasteiger partial charge in [0.25, 0.3) is 0 Å². The Morgan fingerprint density at radius 3 is 2.73 bits per heavy atom. The quantitative estimate of drug-likeness (QED) is 0.815. The maximum absolute atomic E-state index is 3.50. The topological polar surface area (TPSA) is 20.2 Å². The number of aryl methyl sites for hydroxylation is 1. The molecule has 0 aliphatic carbocycles. The summed E-state index contributed by atoms with van der Waals surface area (Å²) in [7, 11) is 0. The first-order valence-electron chi connectivity index (χ1n) is 6.01. The molecule has 1 saturated heterocycles. The number of aromatic nitrogens is 1. The van der Waals surface area contributed by atoms with Crippen LogP contribution in [0.4, 0.5) is 0 Å². The minimum absolute atomic E-state index is 0.965. The molecule has 84 valence electrons. The Morgan fingerprint density at radius 1 is 1.27 bits per heavy atom. The first-order valence-corrected chi connectivity index (χ1v) is 6.01. The molecule has 2 heterocycles. The van der Waals surface area contributed by atoms with E-state index in [-0.39, 0.29) is 0 Å². The van der Waals surface area contributed by atoms with Crippen molar-refractivity contribution in [1.82, 2.24) is 15.0 Å². The summed E-state index contributed by atoms with van der Waals surface area (Å²) in [5.74, 6) is 0. The third kappa shape index (κ3) is 3.08. The molecule has 0 atom stereocenters. The Balaban J connectivity index is 1.76. The van der Waals surface area contributed by atoms with E-state index in [4.69, 9.17) is 0 Å². The standard InChI is InChI=1S/C12H21N3/c1-2-14-9-6-12(11-14)10-13-15-7-4-3-5-8-15/h6,9,11,13H,2-5,7-8,10H2,1H3. The lowest BCUT2D eigenvalue weighted by molar-refractivity contribution is 0.151. The van der Waals surface area contributed by atoms with Crippen LogP contribution >= 0.6 is 0 Å². The van der Waals surface area contributed by atoms with Gasteiger partial charge in [-0.05, 0) is 31.4 Å². The van der Waals surface area contributed by atoms with E-state index in [9.17, 15) is 0 Å². The lowest BCUT2D eigenvalue weighted by Crippen LogP contribution is -2.41. The average molecular weight is 207 g/mol. The predicted molar refractivity (Wildman–Crippen MR) is 62.4 cm³/mol. The molecule has 2 rings (SSSR count). The van der Waals surface area contributed by atoms with E-state index in [1.165, 1.54) is 37.9 Å². The molecule has 3 heteroatoms. The highest BCUT2D eigenvalue weighted by Crippen LogP contribution is 2.07. The van der Waals surface area contributed by atoms with Gasteiger partial charge in [0, 0.05) is 38.6 Å². The maximum Gasteiger partial charge on any atom is 0.0368 e. The Morgan fingerprint density at radius 2 is 2.07 bits per heavy atom. The number of nitrogens with one attached hydrogen (secondary N) is 1. The largest absolute Gasteiger partial charge is 0.354 e. The molecule has 1 aromatic rings. The van der Waals surface area contributed by atoms with Crippen molar-refractivity contribution in [2.75, 3.05) is 13.1 Å². The minimum atomic E-state index is 0.965. The van der Waals surface area contributed by atoms with Gasteiger partial charge in [-0.15, -0.1) is 0 Å². The number of hydrazine groups is 1. The van der Waals surface area contributed by atoms with Crippen molar-refractivity contribution in [2.24, 2.45) is 0 Å². The Labute approximate surface area is 92.0 Å². The van der Waals surface area contributed by atoms with Gasteiger partial charge in [0.05, 0.1) is 0 Å². The van der Waals surface area contributed by atoms with Gasteiger partial charge in [-0.1, -0.05) is 6.42 Å². The Hall–Kier alpha value is -0.800. The summed E-state index contributed by atoms with van der Waals surface area (Å²) in [5.41, 5.74) is 4.87. The number of hydrogen-bond acceptors (Lipinski definition) is 2. The summed E-state index contributed by atoms with van der Waals surface area (Å²) in [6.07, 6.45) is 8.43. The van der Waals surface area contributed by atoms with Crippen molar-refractivity contribution in [3.8, 4) is 0 Å². The van der Waals surface area contributed by atoms with Gasteiger partial charge < -0.3 is 4.57 Å². The molecule has 0 bridgehead atoms. The highest BCUT2D eigenvalue weighted by molar-refractivity contribution is 5.09. The van der Waals surface area contributed by atoms with E-state index in [1.54, 1.807) is 0 Å². The van der Waals surface area contributed by atoms with Crippen LogP contribution in [0.15, 0.2) is 18.5 Å². The maximum atomic E-state index is 3.50. The van der Waals surface area contributed by atoms with Crippen molar-refractivity contribution in [3.63, 3.8) is 0 Å². The van der Waals surface area contributed by atoms with Crippen molar-refractivity contribution >= 4 is 0 Å². The molecule has 0 saturated carbocycles. The molecule has 3 nitrogen and oxygen atoms in total. The van der Waals surface area contributed by atoms with Crippen LogP contribution in [-0.2, 0) is 13.1 Å². The molecule has 1 aliphatic rings. The first kappa shape index (κ1) is 10.7. The van der Waals surface area contributed by atoms with Crippen molar-refractivity contribution in [3.05, 3.63) is 24.0 Å². The van der Waals surface area contributed by atoms with E-state index >= 15 is 0 Å². The van der Waals surface area contributed by atoms with E-state index in [0.717, 1.165) is 13.1 Å². The molecule has 1 aromatic heterocycles. The van der Waals surface area contributed by atoms with Crippen LogP contribution in [0.5, 0.6) is 0 Å². The van der Waals surface area contributed by atoms with Crippen molar-refractivity contribution in [1.29, 1.82) is 0 Å². The van der Waals surface area contributed by atoms with Crippen LogP contribution in [0, 0.1) is 0 Å². The highest BCUT2D eigenvalue weighted by Gasteiger charge is 2.08. The predicted octanol–water partition coefficient (Wildman–Crippen LogP) is 2.00.